The van der Waals surface area contributed by atoms with Crippen molar-refractivity contribution in [2.75, 3.05) is 20.3 Å². The first-order valence-electron chi connectivity index (χ1n) is 5.40. The van der Waals surface area contributed by atoms with Crippen molar-refractivity contribution < 1.29 is 24.3 Å². The Morgan fingerprint density at radius 1 is 1.53 bits per heavy atom. The molecule has 17 heavy (non-hydrogen) atoms. The van der Waals surface area contributed by atoms with E-state index in [4.69, 9.17) is 14.7 Å². The summed E-state index contributed by atoms with van der Waals surface area (Å²) in [5.74, 6) is -1.40. The average molecular weight is 242 g/mol. The van der Waals surface area contributed by atoms with Gasteiger partial charge in [0.1, 0.15) is 0 Å². The van der Waals surface area contributed by atoms with Gasteiger partial charge in [0, 0.05) is 20.1 Å². The van der Waals surface area contributed by atoms with Crippen LogP contribution in [-0.4, -0.2) is 60.0 Å². The van der Waals surface area contributed by atoms with E-state index in [9.17, 15) is 9.59 Å². The number of oxime groups is 1. The molecule has 2 aliphatic heterocycles. The summed E-state index contributed by atoms with van der Waals surface area (Å²) in [6, 6.07) is 0.0416. The molecule has 2 rings (SSSR count). The molecule has 7 heteroatoms. The average Bonchev–Trinajstić information content (AvgIpc) is 2.97. The molecule has 1 amide bonds. The molecule has 7 nitrogen and oxygen atoms in total. The van der Waals surface area contributed by atoms with Gasteiger partial charge in [-0.25, -0.2) is 4.79 Å². The smallest absolute Gasteiger partial charge is 0.353 e. The number of carbonyl (C=O) groups excluding carboxylic acids is 1. The van der Waals surface area contributed by atoms with Gasteiger partial charge in [0.2, 0.25) is 6.10 Å². The highest BCUT2D eigenvalue weighted by Gasteiger charge is 2.36. The van der Waals surface area contributed by atoms with Gasteiger partial charge < -0.3 is 19.6 Å². The van der Waals surface area contributed by atoms with Crippen molar-refractivity contribution in [3.8, 4) is 0 Å². The van der Waals surface area contributed by atoms with Gasteiger partial charge in [-0.2, -0.15) is 0 Å². The van der Waals surface area contributed by atoms with Crippen molar-refractivity contribution in [3.05, 3.63) is 0 Å². The molecule has 0 aromatic heterocycles. The second-order valence-corrected chi connectivity index (χ2v) is 4.11. The van der Waals surface area contributed by atoms with E-state index >= 15 is 0 Å². The predicted octanol–water partition coefficient (Wildman–Crippen LogP) is -0.537. The molecule has 2 heterocycles. The summed E-state index contributed by atoms with van der Waals surface area (Å²) in [5, 5.41) is 12.1. The summed E-state index contributed by atoms with van der Waals surface area (Å²) in [7, 11) is 1.67. The van der Waals surface area contributed by atoms with Crippen LogP contribution in [0.3, 0.4) is 0 Å². The van der Waals surface area contributed by atoms with E-state index in [1.165, 1.54) is 0 Å². The molecule has 0 radical (unpaired) electrons. The summed E-state index contributed by atoms with van der Waals surface area (Å²) in [5.41, 5.74) is -0.112. The number of hydrogen-bond donors (Lipinski definition) is 1. The summed E-state index contributed by atoms with van der Waals surface area (Å²) in [4.78, 5) is 29.0. The summed E-state index contributed by atoms with van der Waals surface area (Å²) < 4.78 is 5.19. The van der Waals surface area contributed by atoms with E-state index in [1.54, 1.807) is 11.9 Å². The van der Waals surface area contributed by atoms with E-state index in [0.29, 0.717) is 13.2 Å². The third-order valence-electron chi connectivity index (χ3n) is 2.99. The van der Waals surface area contributed by atoms with Crippen molar-refractivity contribution >= 4 is 17.6 Å². The topological polar surface area (TPSA) is 88.4 Å². The Balaban J connectivity index is 1.91. The molecule has 0 aliphatic carbocycles. The molecule has 0 spiro atoms. The van der Waals surface area contributed by atoms with Crippen molar-refractivity contribution in [2.24, 2.45) is 5.16 Å². The Morgan fingerprint density at radius 3 is 2.82 bits per heavy atom. The zero-order chi connectivity index (χ0) is 12.4. The summed E-state index contributed by atoms with van der Waals surface area (Å²) in [6.07, 6.45) is -0.0000576. The number of carboxylic acid groups (broad SMARTS) is 1. The number of hydrogen-bond acceptors (Lipinski definition) is 5. The zero-order valence-corrected chi connectivity index (χ0v) is 9.46. The molecular formula is C10H14N2O5. The number of carbonyl (C=O) groups is 2. The van der Waals surface area contributed by atoms with Crippen molar-refractivity contribution in [1.82, 2.24) is 4.90 Å². The van der Waals surface area contributed by atoms with Gasteiger partial charge in [0.25, 0.3) is 5.91 Å². The standard InChI is InChI=1S/C10H14N2O5/c1-12(6-2-3-16-5-6)9(13)8-4-7(10(14)15)11-17-8/h6,8H,2-5H2,1H3,(H,14,15). The lowest BCUT2D eigenvalue weighted by molar-refractivity contribution is -0.142. The van der Waals surface area contributed by atoms with Gasteiger partial charge in [-0.15, -0.1) is 0 Å². The highest BCUT2D eigenvalue weighted by Crippen LogP contribution is 2.17. The van der Waals surface area contributed by atoms with Gasteiger partial charge in [0.15, 0.2) is 5.71 Å². The maximum Gasteiger partial charge on any atom is 0.353 e. The number of nitrogens with zero attached hydrogens (tertiary/aromatic N) is 2. The Morgan fingerprint density at radius 2 is 2.29 bits per heavy atom. The van der Waals surface area contributed by atoms with Crippen molar-refractivity contribution in [3.63, 3.8) is 0 Å². The Hall–Kier alpha value is -1.63. The van der Waals surface area contributed by atoms with Gasteiger partial charge in [-0.3, -0.25) is 4.79 Å². The molecule has 2 unspecified atom stereocenters. The number of likely N-dealkylation sites (N-methyl/N-ethyl adjacent to an activating group) is 1. The van der Waals surface area contributed by atoms with Gasteiger partial charge in [0.05, 0.1) is 12.6 Å². The monoisotopic (exact) mass is 242 g/mol. The van der Waals surface area contributed by atoms with Crippen LogP contribution < -0.4 is 0 Å². The van der Waals surface area contributed by atoms with Crippen LogP contribution in [0.2, 0.25) is 0 Å². The first-order chi connectivity index (χ1) is 8.09. The fraction of sp³-hybridized carbons (Fsp3) is 0.700. The highest BCUT2D eigenvalue weighted by molar-refractivity contribution is 6.36. The first-order valence-corrected chi connectivity index (χ1v) is 5.40. The van der Waals surface area contributed by atoms with E-state index in [1.807, 2.05) is 0 Å². The van der Waals surface area contributed by atoms with Crippen molar-refractivity contribution in [1.29, 1.82) is 0 Å². The Bertz CT molecular complexity index is 362. The minimum absolute atomic E-state index is 0.0199. The lowest BCUT2D eigenvalue weighted by Gasteiger charge is -2.24. The molecule has 0 aromatic carbocycles. The maximum absolute atomic E-state index is 12.0. The third-order valence-corrected chi connectivity index (χ3v) is 2.99. The lowest BCUT2D eigenvalue weighted by atomic mass is 10.1. The normalized spacial score (nSPS) is 27.5. The van der Waals surface area contributed by atoms with Crippen LogP contribution in [0.1, 0.15) is 12.8 Å². The Labute approximate surface area is 98.0 Å². The number of amides is 1. The van der Waals surface area contributed by atoms with Gasteiger partial charge in [-0.05, 0) is 6.42 Å². The predicted molar refractivity (Wildman–Crippen MR) is 56.6 cm³/mol. The van der Waals surface area contributed by atoms with E-state index in [0.717, 1.165) is 6.42 Å². The first kappa shape index (κ1) is 11.8. The van der Waals surface area contributed by atoms with Crippen LogP contribution in [-0.2, 0) is 19.2 Å². The van der Waals surface area contributed by atoms with Crippen LogP contribution in [0.25, 0.3) is 0 Å². The van der Waals surface area contributed by atoms with Crippen LogP contribution in [0.4, 0.5) is 0 Å². The maximum atomic E-state index is 12.0. The van der Waals surface area contributed by atoms with E-state index in [-0.39, 0.29) is 24.1 Å². The summed E-state index contributed by atoms with van der Waals surface area (Å²) in [6.45, 7) is 1.16. The van der Waals surface area contributed by atoms with Crippen LogP contribution in [0.15, 0.2) is 5.16 Å². The fourth-order valence-corrected chi connectivity index (χ4v) is 1.87. The molecular weight excluding hydrogens is 228 g/mol. The Kier molecular flexibility index (Phi) is 3.28. The molecule has 1 fully saturated rings. The van der Waals surface area contributed by atoms with Crippen LogP contribution >= 0.6 is 0 Å². The molecule has 0 saturated carbocycles. The molecule has 94 valence electrons. The van der Waals surface area contributed by atoms with Gasteiger partial charge in [-0.1, -0.05) is 5.16 Å². The lowest BCUT2D eigenvalue weighted by Crippen LogP contribution is -2.43. The van der Waals surface area contributed by atoms with Gasteiger partial charge >= 0.3 is 5.97 Å². The van der Waals surface area contributed by atoms with Crippen LogP contribution in [0.5, 0.6) is 0 Å². The minimum atomic E-state index is -1.15. The number of ether oxygens (including phenoxy) is 1. The molecule has 2 aliphatic rings. The molecule has 0 bridgehead atoms. The molecule has 0 aromatic rings. The summed E-state index contributed by atoms with van der Waals surface area (Å²) >= 11 is 0. The highest BCUT2D eigenvalue weighted by atomic mass is 16.6. The van der Waals surface area contributed by atoms with Crippen molar-refractivity contribution in [2.45, 2.75) is 25.0 Å². The van der Waals surface area contributed by atoms with E-state index < -0.39 is 12.1 Å². The number of carboxylic acids is 1. The SMILES string of the molecule is CN(C(=O)C1CC(C(=O)O)=NO1)C1CCOC1. The largest absolute Gasteiger partial charge is 0.477 e. The molecule has 1 saturated heterocycles. The zero-order valence-electron chi connectivity index (χ0n) is 9.46. The second-order valence-electron chi connectivity index (χ2n) is 4.11. The molecule has 1 N–H and O–H groups in total. The quantitative estimate of drug-likeness (QED) is 0.718. The fourth-order valence-electron chi connectivity index (χ4n) is 1.87. The number of rotatable bonds is 3. The molecule has 2 atom stereocenters. The number of aliphatic carboxylic acids is 1. The second kappa shape index (κ2) is 4.70. The van der Waals surface area contributed by atoms with Crippen LogP contribution in [0, 0.1) is 0 Å². The van der Waals surface area contributed by atoms with E-state index in [2.05, 4.69) is 5.16 Å². The third kappa shape index (κ3) is 2.38. The minimum Gasteiger partial charge on any atom is -0.477 e.